The zero-order chi connectivity index (χ0) is 15.1. The van der Waals surface area contributed by atoms with Gasteiger partial charge >= 0.3 is 0 Å². The molecule has 1 unspecified atom stereocenters. The molecule has 21 heavy (non-hydrogen) atoms. The van der Waals surface area contributed by atoms with Crippen molar-refractivity contribution in [1.82, 2.24) is 19.3 Å². The van der Waals surface area contributed by atoms with E-state index in [1.807, 2.05) is 43.9 Å². The van der Waals surface area contributed by atoms with Crippen molar-refractivity contribution >= 4 is 38.6 Å². The summed E-state index contributed by atoms with van der Waals surface area (Å²) in [5.74, 6) is 0.882. The van der Waals surface area contributed by atoms with Crippen LogP contribution in [-0.2, 0) is 13.6 Å². The van der Waals surface area contributed by atoms with Crippen LogP contribution in [-0.4, -0.2) is 19.3 Å². The molecule has 4 nitrogen and oxygen atoms in total. The maximum atomic E-state index is 6.31. The van der Waals surface area contributed by atoms with E-state index in [2.05, 4.69) is 36.6 Å². The summed E-state index contributed by atoms with van der Waals surface area (Å²) in [6.45, 7) is 4.70. The Balaban J connectivity index is 2.15. The van der Waals surface area contributed by atoms with Crippen LogP contribution in [0.5, 0.6) is 0 Å². The van der Waals surface area contributed by atoms with Crippen molar-refractivity contribution in [2.75, 3.05) is 0 Å². The SMILES string of the molecule is Cc1nn(C)cc1Cn1c(C(C)Cl)nc2cc(Br)ccc21. The summed E-state index contributed by atoms with van der Waals surface area (Å²) in [5, 5.41) is 4.26. The fourth-order valence-electron chi connectivity index (χ4n) is 2.57. The van der Waals surface area contributed by atoms with Gasteiger partial charge < -0.3 is 4.57 Å². The van der Waals surface area contributed by atoms with E-state index in [0.717, 1.165) is 33.6 Å². The number of fused-ring (bicyclic) bond motifs is 1. The molecular weight excluding hydrogens is 352 g/mol. The van der Waals surface area contributed by atoms with E-state index < -0.39 is 0 Å². The summed E-state index contributed by atoms with van der Waals surface area (Å²) >= 11 is 9.80. The van der Waals surface area contributed by atoms with Gasteiger partial charge in [-0.1, -0.05) is 15.9 Å². The number of aromatic nitrogens is 4. The van der Waals surface area contributed by atoms with Gasteiger partial charge in [0, 0.05) is 23.3 Å². The van der Waals surface area contributed by atoms with Crippen molar-refractivity contribution in [3.8, 4) is 0 Å². The molecule has 0 aliphatic rings. The van der Waals surface area contributed by atoms with Crippen molar-refractivity contribution in [2.45, 2.75) is 25.8 Å². The molecule has 0 N–H and O–H groups in total. The minimum atomic E-state index is -0.145. The lowest BCUT2D eigenvalue weighted by molar-refractivity contribution is 0.738. The molecule has 0 aliphatic heterocycles. The normalized spacial score (nSPS) is 13.0. The highest BCUT2D eigenvalue weighted by atomic mass is 79.9. The Morgan fingerprint density at radius 2 is 2.14 bits per heavy atom. The number of aryl methyl sites for hydroxylation is 2. The Labute approximate surface area is 136 Å². The number of hydrogen-bond acceptors (Lipinski definition) is 2. The van der Waals surface area contributed by atoms with E-state index in [0.29, 0.717) is 0 Å². The van der Waals surface area contributed by atoms with Gasteiger partial charge in [-0.05, 0) is 32.0 Å². The number of benzene rings is 1. The van der Waals surface area contributed by atoms with E-state index in [4.69, 9.17) is 11.6 Å². The fourth-order valence-corrected chi connectivity index (χ4v) is 3.08. The number of halogens is 2. The first-order valence-electron chi connectivity index (χ1n) is 6.74. The highest BCUT2D eigenvalue weighted by Crippen LogP contribution is 2.27. The Hall–Kier alpha value is -1.33. The molecule has 0 amide bonds. The standard InChI is InChI=1S/C15H16BrClN4/c1-9(17)15-18-13-6-12(16)4-5-14(13)21(15)8-11-7-20(3)19-10(11)2/h4-7,9H,8H2,1-3H3. The molecule has 6 heteroatoms. The highest BCUT2D eigenvalue weighted by molar-refractivity contribution is 9.10. The number of hydrogen-bond donors (Lipinski definition) is 0. The van der Waals surface area contributed by atoms with Gasteiger partial charge in [0.1, 0.15) is 5.82 Å². The molecule has 0 aliphatic carbocycles. The lowest BCUT2D eigenvalue weighted by Crippen LogP contribution is -2.06. The van der Waals surface area contributed by atoms with Crippen molar-refractivity contribution in [1.29, 1.82) is 0 Å². The quantitative estimate of drug-likeness (QED) is 0.651. The number of alkyl halides is 1. The van der Waals surface area contributed by atoms with Gasteiger partial charge in [0.05, 0.1) is 28.6 Å². The molecule has 0 saturated heterocycles. The second-order valence-electron chi connectivity index (χ2n) is 5.22. The number of nitrogens with zero attached hydrogens (tertiary/aromatic N) is 4. The first-order valence-corrected chi connectivity index (χ1v) is 7.97. The van der Waals surface area contributed by atoms with E-state index >= 15 is 0 Å². The Morgan fingerprint density at radius 1 is 1.38 bits per heavy atom. The fraction of sp³-hybridized carbons (Fsp3) is 0.333. The summed E-state index contributed by atoms with van der Waals surface area (Å²) in [6.07, 6.45) is 2.04. The molecule has 0 saturated carbocycles. The molecule has 0 bridgehead atoms. The predicted molar refractivity (Wildman–Crippen MR) is 88.7 cm³/mol. The van der Waals surface area contributed by atoms with Crippen LogP contribution in [0.2, 0.25) is 0 Å². The number of rotatable bonds is 3. The van der Waals surface area contributed by atoms with Crippen LogP contribution in [0.1, 0.15) is 29.4 Å². The van der Waals surface area contributed by atoms with Gasteiger partial charge in [0.25, 0.3) is 0 Å². The molecule has 1 atom stereocenters. The molecule has 2 aromatic heterocycles. The monoisotopic (exact) mass is 366 g/mol. The minimum Gasteiger partial charge on any atom is -0.322 e. The van der Waals surface area contributed by atoms with E-state index in [1.54, 1.807) is 0 Å². The molecule has 3 rings (SSSR count). The molecule has 110 valence electrons. The van der Waals surface area contributed by atoms with Gasteiger partial charge in [0.15, 0.2) is 0 Å². The van der Waals surface area contributed by atoms with Gasteiger partial charge in [-0.25, -0.2) is 4.98 Å². The maximum absolute atomic E-state index is 6.31. The third-order valence-corrected chi connectivity index (χ3v) is 4.23. The zero-order valence-corrected chi connectivity index (χ0v) is 14.5. The van der Waals surface area contributed by atoms with Gasteiger partial charge in [-0.3, -0.25) is 4.68 Å². The van der Waals surface area contributed by atoms with E-state index in [-0.39, 0.29) is 5.38 Å². The van der Waals surface area contributed by atoms with Crippen LogP contribution >= 0.6 is 27.5 Å². The molecule has 0 radical (unpaired) electrons. The summed E-state index contributed by atoms with van der Waals surface area (Å²) in [4.78, 5) is 4.68. The third kappa shape index (κ3) is 2.72. The van der Waals surface area contributed by atoms with Crippen LogP contribution in [0.15, 0.2) is 28.9 Å². The van der Waals surface area contributed by atoms with Crippen LogP contribution in [0, 0.1) is 6.92 Å². The lowest BCUT2D eigenvalue weighted by Gasteiger charge is -2.10. The van der Waals surface area contributed by atoms with Crippen molar-refractivity contribution in [3.63, 3.8) is 0 Å². The smallest absolute Gasteiger partial charge is 0.128 e. The molecule has 1 aromatic carbocycles. The molecular formula is C15H16BrClN4. The van der Waals surface area contributed by atoms with Crippen molar-refractivity contribution in [3.05, 3.63) is 46.0 Å². The molecule has 3 aromatic rings. The van der Waals surface area contributed by atoms with Gasteiger partial charge in [-0.2, -0.15) is 5.10 Å². The zero-order valence-electron chi connectivity index (χ0n) is 12.1. The van der Waals surface area contributed by atoms with Crippen molar-refractivity contribution in [2.24, 2.45) is 7.05 Å². The average molecular weight is 368 g/mol. The van der Waals surface area contributed by atoms with Gasteiger partial charge in [0.2, 0.25) is 0 Å². The van der Waals surface area contributed by atoms with Crippen LogP contribution in [0.25, 0.3) is 11.0 Å². The van der Waals surface area contributed by atoms with Crippen LogP contribution < -0.4 is 0 Å². The van der Waals surface area contributed by atoms with Crippen molar-refractivity contribution < 1.29 is 0 Å². The molecule has 2 heterocycles. The second-order valence-corrected chi connectivity index (χ2v) is 6.79. The largest absolute Gasteiger partial charge is 0.322 e. The van der Waals surface area contributed by atoms with Crippen LogP contribution in [0.3, 0.4) is 0 Å². The summed E-state index contributed by atoms with van der Waals surface area (Å²) < 4.78 is 5.03. The summed E-state index contributed by atoms with van der Waals surface area (Å²) in [6, 6.07) is 6.12. The van der Waals surface area contributed by atoms with E-state index in [9.17, 15) is 0 Å². The predicted octanol–water partition coefficient (Wildman–Crippen LogP) is 4.19. The highest BCUT2D eigenvalue weighted by Gasteiger charge is 2.16. The third-order valence-electron chi connectivity index (χ3n) is 3.54. The number of imidazole rings is 1. The van der Waals surface area contributed by atoms with Gasteiger partial charge in [-0.15, -0.1) is 11.6 Å². The average Bonchev–Trinajstić information content (AvgIpc) is 2.90. The first kappa shape index (κ1) is 14.6. The minimum absolute atomic E-state index is 0.145. The van der Waals surface area contributed by atoms with E-state index in [1.165, 1.54) is 5.56 Å². The topological polar surface area (TPSA) is 35.6 Å². The Bertz CT molecular complexity index is 803. The first-order chi connectivity index (χ1) is 9.95. The lowest BCUT2D eigenvalue weighted by atomic mass is 10.2. The summed E-state index contributed by atoms with van der Waals surface area (Å²) in [5.41, 5.74) is 4.25. The van der Waals surface area contributed by atoms with Crippen LogP contribution in [0.4, 0.5) is 0 Å². The second kappa shape index (κ2) is 5.46. The maximum Gasteiger partial charge on any atom is 0.128 e. The molecule has 0 spiro atoms. The Kier molecular flexibility index (Phi) is 3.80. The summed E-state index contributed by atoms with van der Waals surface area (Å²) in [7, 11) is 1.94. The Morgan fingerprint density at radius 3 is 2.76 bits per heavy atom. The molecule has 0 fully saturated rings.